The Bertz CT molecular complexity index is 937. The predicted molar refractivity (Wildman–Crippen MR) is 105 cm³/mol. The third kappa shape index (κ3) is 6.47. The lowest BCUT2D eigenvalue weighted by atomic mass is 10.1. The number of carbonyl (C=O) groups is 2. The van der Waals surface area contributed by atoms with Gasteiger partial charge in [0.2, 0.25) is 10.0 Å². The number of hydrogen-bond donors (Lipinski definition) is 2. The van der Waals surface area contributed by atoms with Crippen LogP contribution >= 0.6 is 0 Å². The standard InChI is InChI=1S/C20H24N2O5S/c1-14(2)22-28(25,26)18-9-7-17(8-10-18)20(24)21-12-19(23)27-13-16-6-4-5-15(3)11-16/h4-11,14,22H,12-13H2,1-3H3,(H,21,24). The molecule has 0 aliphatic rings. The molecule has 28 heavy (non-hydrogen) atoms. The van der Waals surface area contributed by atoms with E-state index in [0.717, 1.165) is 11.1 Å². The highest BCUT2D eigenvalue weighted by Crippen LogP contribution is 2.11. The molecule has 0 atom stereocenters. The van der Waals surface area contributed by atoms with Crippen LogP contribution in [0.2, 0.25) is 0 Å². The van der Waals surface area contributed by atoms with Gasteiger partial charge in [0, 0.05) is 11.6 Å². The predicted octanol–water partition coefficient (Wildman–Crippen LogP) is 2.15. The van der Waals surface area contributed by atoms with Crippen LogP contribution in [0.15, 0.2) is 53.4 Å². The summed E-state index contributed by atoms with van der Waals surface area (Å²) in [7, 11) is -3.62. The molecule has 0 aliphatic carbocycles. The van der Waals surface area contributed by atoms with Gasteiger partial charge in [-0.25, -0.2) is 13.1 Å². The van der Waals surface area contributed by atoms with Crippen LogP contribution < -0.4 is 10.0 Å². The fourth-order valence-electron chi connectivity index (χ4n) is 2.44. The molecule has 2 N–H and O–H groups in total. The van der Waals surface area contributed by atoms with Gasteiger partial charge >= 0.3 is 5.97 Å². The highest BCUT2D eigenvalue weighted by atomic mass is 32.2. The summed E-state index contributed by atoms with van der Waals surface area (Å²) in [6, 6.07) is 12.8. The maximum atomic E-state index is 12.1. The van der Waals surface area contributed by atoms with Crippen molar-refractivity contribution in [3.63, 3.8) is 0 Å². The van der Waals surface area contributed by atoms with Crippen molar-refractivity contribution in [1.29, 1.82) is 0 Å². The SMILES string of the molecule is Cc1cccc(COC(=O)CNC(=O)c2ccc(S(=O)(=O)NC(C)C)cc2)c1. The topological polar surface area (TPSA) is 102 Å². The van der Waals surface area contributed by atoms with Crippen LogP contribution in [0.3, 0.4) is 0 Å². The number of carbonyl (C=O) groups excluding carboxylic acids is 2. The molecule has 2 aromatic rings. The summed E-state index contributed by atoms with van der Waals surface area (Å²) in [5.74, 6) is -1.05. The number of rotatable bonds is 8. The Morgan fingerprint density at radius 2 is 1.75 bits per heavy atom. The van der Waals surface area contributed by atoms with Crippen LogP contribution in [-0.2, 0) is 26.2 Å². The summed E-state index contributed by atoms with van der Waals surface area (Å²) in [5, 5.41) is 2.46. The second kappa shape index (κ2) is 9.48. The largest absolute Gasteiger partial charge is 0.460 e. The number of benzene rings is 2. The molecular formula is C20H24N2O5S. The molecule has 0 fully saturated rings. The number of aryl methyl sites for hydroxylation is 1. The van der Waals surface area contributed by atoms with E-state index < -0.39 is 21.9 Å². The monoisotopic (exact) mass is 404 g/mol. The van der Waals surface area contributed by atoms with Crippen molar-refractivity contribution in [1.82, 2.24) is 10.0 Å². The van der Waals surface area contributed by atoms with Crippen LogP contribution in [0.25, 0.3) is 0 Å². The first-order valence-electron chi connectivity index (χ1n) is 8.79. The average Bonchev–Trinajstić information content (AvgIpc) is 2.63. The van der Waals surface area contributed by atoms with Crippen molar-refractivity contribution in [2.24, 2.45) is 0 Å². The van der Waals surface area contributed by atoms with E-state index in [-0.39, 0.29) is 29.7 Å². The normalized spacial score (nSPS) is 11.3. The van der Waals surface area contributed by atoms with Gasteiger partial charge in [0.25, 0.3) is 5.91 Å². The van der Waals surface area contributed by atoms with Crippen molar-refractivity contribution < 1.29 is 22.7 Å². The Balaban J connectivity index is 1.86. The van der Waals surface area contributed by atoms with Crippen molar-refractivity contribution in [2.75, 3.05) is 6.54 Å². The first-order valence-corrected chi connectivity index (χ1v) is 10.3. The van der Waals surface area contributed by atoms with Gasteiger partial charge in [0.15, 0.2) is 0 Å². The molecular weight excluding hydrogens is 380 g/mol. The van der Waals surface area contributed by atoms with Crippen molar-refractivity contribution in [3.05, 3.63) is 65.2 Å². The smallest absolute Gasteiger partial charge is 0.325 e. The lowest BCUT2D eigenvalue weighted by molar-refractivity contribution is -0.143. The molecule has 0 heterocycles. The van der Waals surface area contributed by atoms with Crippen molar-refractivity contribution in [3.8, 4) is 0 Å². The van der Waals surface area contributed by atoms with E-state index in [1.807, 2.05) is 31.2 Å². The highest BCUT2D eigenvalue weighted by molar-refractivity contribution is 7.89. The fourth-order valence-corrected chi connectivity index (χ4v) is 3.69. The summed E-state index contributed by atoms with van der Waals surface area (Å²) in [4.78, 5) is 24.0. The molecule has 0 saturated carbocycles. The van der Waals surface area contributed by atoms with Crippen LogP contribution in [0.5, 0.6) is 0 Å². The van der Waals surface area contributed by atoms with Gasteiger partial charge in [-0.2, -0.15) is 0 Å². The molecule has 0 bridgehead atoms. The number of hydrogen-bond acceptors (Lipinski definition) is 5. The van der Waals surface area contributed by atoms with E-state index in [0.29, 0.717) is 0 Å². The Morgan fingerprint density at radius 3 is 2.36 bits per heavy atom. The van der Waals surface area contributed by atoms with E-state index in [1.54, 1.807) is 13.8 Å². The molecule has 7 nitrogen and oxygen atoms in total. The zero-order valence-electron chi connectivity index (χ0n) is 16.1. The Labute approximate surface area is 165 Å². The molecule has 0 radical (unpaired) electrons. The van der Waals surface area contributed by atoms with E-state index in [1.165, 1.54) is 24.3 Å². The van der Waals surface area contributed by atoms with Crippen LogP contribution in [-0.4, -0.2) is 32.9 Å². The molecule has 1 amide bonds. The van der Waals surface area contributed by atoms with Crippen LogP contribution in [0, 0.1) is 6.92 Å². The van der Waals surface area contributed by atoms with Gasteiger partial charge in [0.1, 0.15) is 13.2 Å². The zero-order valence-corrected chi connectivity index (χ0v) is 16.9. The molecule has 0 saturated heterocycles. The average molecular weight is 404 g/mol. The van der Waals surface area contributed by atoms with E-state index in [2.05, 4.69) is 10.0 Å². The van der Waals surface area contributed by atoms with E-state index in [4.69, 9.17) is 4.74 Å². The zero-order chi connectivity index (χ0) is 20.7. The third-order valence-electron chi connectivity index (χ3n) is 3.69. The van der Waals surface area contributed by atoms with Gasteiger partial charge in [-0.3, -0.25) is 9.59 Å². The van der Waals surface area contributed by atoms with Gasteiger partial charge in [-0.15, -0.1) is 0 Å². The Hall–Kier alpha value is -2.71. The molecule has 0 aliphatic heterocycles. The van der Waals surface area contributed by atoms with Crippen LogP contribution in [0.4, 0.5) is 0 Å². The quantitative estimate of drug-likeness (QED) is 0.657. The third-order valence-corrected chi connectivity index (χ3v) is 5.37. The second-order valence-corrected chi connectivity index (χ2v) is 8.35. The number of ether oxygens (including phenoxy) is 1. The minimum absolute atomic E-state index is 0.0651. The molecule has 0 unspecified atom stereocenters. The number of nitrogens with one attached hydrogen (secondary N) is 2. The maximum Gasteiger partial charge on any atom is 0.325 e. The van der Waals surface area contributed by atoms with Gasteiger partial charge in [0.05, 0.1) is 4.90 Å². The number of amides is 1. The van der Waals surface area contributed by atoms with Gasteiger partial charge in [-0.1, -0.05) is 29.8 Å². The van der Waals surface area contributed by atoms with Gasteiger partial charge < -0.3 is 10.1 Å². The van der Waals surface area contributed by atoms with Crippen LogP contribution in [0.1, 0.15) is 35.3 Å². The number of sulfonamides is 1. The number of esters is 1. The van der Waals surface area contributed by atoms with Gasteiger partial charge in [-0.05, 0) is 50.6 Å². The van der Waals surface area contributed by atoms with E-state index >= 15 is 0 Å². The molecule has 8 heteroatoms. The fraction of sp³-hybridized carbons (Fsp3) is 0.300. The first-order chi connectivity index (χ1) is 13.2. The summed E-state index contributed by atoms with van der Waals surface area (Å²) in [5.41, 5.74) is 2.18. The molecule has 0 spiro atoms. The summed E-state index contributed by atoms with van der Waals surface area (Å²) < 4.78 is 31.7. The lowest BCUT2D eigenvalue weighted by Crippen LogP contribution is -2.31. The summed E-state index contributed by atoms with van der Waals surface area (Å²) >= 11 is 0. The lowest BCUT2D eigenvalue weighted by Gasteiger charge is -2.10. The molecule has 150 valence electrons. The Kier molecular flexibility index (Phi) is 7.31. The minimum Gasteiger partial charge on any atom is -0.460 e. The molecule has 2 aromatic carbocycles. The maximum absolute atomic E-state index is 12.1. The van der Waals surface area contributed by atoms with E-state index in [9.17, 15) is 18.0 Å². The first kappa shape index (κ1) is 21.6. The van der Waals surface area contributed by atoms with Crippen molar-refractivity contribution in [2.45, 2.75) is 38.3 Å². The molecule has 2 rings (SSSR count). The summed E-state index contributed by atoms with van der Waals surface area (Å²) in [6.07, 6.45) is 0. The highest BCUT2D eigenvalue weighted by Gasteiger charge is 2.16. The minimum atomic E-state index is -3.62. The second-order valence-electron chi connectivity index (χ2n) is 6.63. The van der Waals surface area contributed by atoms with Crippen molar-refractivity contribution >= 4 is 21.9 Å². The Morgan fingerprint density at radius 1 is 1.07 bits per heavy atom. The summed E-state index contributed by atoms with van der Waals surface area (Å²) in [6.45, 7) is 5.24. The molecule has 0 aromatic heterocycles.